The van der Waals surface area contributed by atoms with Crippen molar-refractivity contribution in [2.75, 3.05) is 31.2 Å². The summed E-state index contributed by atoms with van der Waals surface area (Å²) in [5.74, 6) is -2.12. The number of nitrogen functional groups attached to an aromatic ring is 1. The molecule has 0 fully saturated rings. The zero-order valence-corrected chi connectivity index (χ0v) is 24.7. The zero-order chi connectivity index (χ0) is 31.0. The molecule has 0 atom stereocenters. The summed E-state index contributed by atoms with van der Waals surface area (Å²) in [5, 5.41) is 2.61. The van der Waals surface area contributed by atoms with Crippen LogP contribution >= 0.6 is 0 Å². The van der Waals surface area contributed by atoms with E-state index in [0.29, 0.717) is 17.5 Å². The van der Waals surface area contributed by atoms with Crippen LogP contribution in [0.3, 0.4) is 0 Å². The molecule has 10 nitrogen and oxygen atoms in total. The van der Waals surface area contributed by atoms with Crippen molar-refractivity contribution in [2.24, 2.45) is 0 Å². The van der Waals surface area contributed by atoms with E-state index in [9.17, 15) is 14.0 Å². The Hall–Kier alpha value is -4.48. The van der Waals surface area contributed by atoms with Gasteiger partial charge in [0.05, 0.1) is 12.1 Å². The van der Waals surface area contributed by atoms with Crippen LogP contribution in [0.15, 0.2) is 30.6 Å². The number of likely N-dealkylation sites (N-methyl/N-ethyl adjacent to an activating group) is 1. The molecule has 3 aromatic rings. The fourth-order valence-corrected chi connectivity index (χ4v) is 4.47. The maximum Gasteiger partial charge on any atom is 0.410 e. The van der Waals surface area contributed by atoms with Crippen LogP contribution in [-0.2, 0) is 11.2 Å². The summed E-state index contributed by atoms with van der Waals surface area (Å²) in [6.07, 6.45) is 1.19. The van der Waals surface area contributed by atoms with Gasteiger partial charge in [-0.05, 0) is 65.3 Å². The van der Waals surface area contributed by atoms with Gasteiger partial charge in [-0.1, -0.05) is 6.07 Å². The minimum atomic E-state index is -0.777. The van der Waals surface area contributed by atoms with Crippen LogP contribution in [0.5, 0.6) is 11.5 Å². The third-order valence-corrected chi connectivity index (χ3v) is 6.50. The molecular formula is C30H35F2N5O5. The largest absolute Gasteiger partial charge is 0.486 e. The van der Waals surface area contributed by atoms with Crippen molar-refractivity contribution in [3.63, 3.8) is 0 Å². The second-order valence-electron chi connectivity index (χ2n) is 11.7. The van der Waals surface area contributed by atoms with Gasteiger partial charge in [-0.2, -0.15) is 0 Å². The van der Waals surface area contributed by atoms with Crippen LogP contribution in [0.25, 0.3) is 11.3 Å². The number of ether oxygens (including phenoxy) is 3. The molecule has 0 aliphatic carbocycles. The molecule has 224 valence electrons. The van der Waals surface area contributed by atoms with Crippen LogP contribution < -0.4 is 20.5 Å². The Morgan fingerprint density at radius 3 is 2.60 bits per heavy atom. The van der Waals surface area contributed by atoms with Crippen LogP contribution in [0.2, 0.25) is 0 Å². The number of fused-ring (bicyclic) bond motifs is 1. The third-order valence-electron chi connectivity index (χ3n) is 6.50. The highest BCUT2D eigenvalue weighted by atomic mass is 19.1. The molecule has 2 heterocycles. The first kappa shape index (κ1) is 30.5. The number of nitrogens with one attached hydrogen (secondary N) is 1. The van der Waals surface area contributed by atoms with E-state index >= 15 is 4.39 Å². The molecule has 0 saturated heterocycles. The predicted octanol–water partition coefficient (Wildman–Crippen LogP) is 5.52. The van der Waals surface area contributed by atoms with Gasteiger partial charge in [0.1, 0.15) is 35.6 Å². The fourth-order valence-electron chi connectivity index (χ4n) is 4.47. The number of amides is 2. The topological polar surface area (TPSA) is 129 Å². The lowest BCUT2D eigenvalue weighted by Gasteiger charge is -2.24. The molecule has 12 heteroatoms. The molecule has 1 aliphatic heterocycles. The number of halogens is 2. The Labute approximate surface area is 243 Å². The smallest absolute Gasteiger partial charge is 0.410 e. The van der Waals surface area contributed by atoms with E-state index in [-0.39, 0.29) is 53.0 Å². The Morgan fingerprint density at radius 2 is 1.90 bits per heavy atom. The van der Waals surface area contributed by atoms with Crippen molar-refractivity contribution < 1.29 is 32.6 Å². The van der Waals surface area contributed by atoms with Crippen LogP contribution in [0.4, 0.5) is 25.1 Å². The van der Waals surface area contributed by atoms with E-state index < -0.39 is 34.8 Å². The predicted molar refractivity (Wildman–Crippen MR) is 154 cm³/mol. The van der Waals surface area contributed by atoms with E-state index in [1.165, 1.54) is 23.4 Å². The molecule has 2 aromatic carbocycles. The van der Waals surface area contributed by atoms with Gasteiger partial charge in [-0.25, -0.2) is 23.5 Å². The number of nitrogens with zero attached hydrogens (tertiary/aromatic N) is 3. The summed E-state index contributed by atoms with van der Waals surface area (Å²) in [6, 6.07) is 5.38. The average Bonchev–Trinajstić information content (AvgIpc) is 3.21. The molecule has 0 bridgehead atoms. The molecule has 0 unspecified atom stereocenters. The molecule has 0 saturated carbocycles. The van der Waals surface area contributed by atoms with Gasteiger partial charge in [0, 0.05) is 30.3 Å². The Balaban J connectivity index is 1.57. The number of carbonyl (C=O) groups excluding carboxylic acids is 2. The highest BCUT2D eigenvalue weighted by Crippen LogP contribution is 2.39. The Kier molecular flexibility index (Phi) is 8.29. The SMILES string of the molecule is Cc1c(NC(=O)c2ccc3c(c2F)OC(C)(C)C3)cc(F)cc1-c1ncnc(N)c1OCCN(C)C(=O)OC(C)(C)C. The lowest BCUT2D eigenvalue weighted by molar-refractivity contribution is 0.0278. The lowest BCUT2D eigenvalue weighted by Crippen LogP contribution is -2.36. The number of benzene rings is 2. The van der Waals surface area contributed by atoms with Gasteiger partial charge in [-0.3, -0.25) is 4.79 Å². The van der Waals surface area contributed by atoms with Crippen LogP contribution in [0, 0.1) is 18.6 Å². The van der Waals surface area contributed by atoms with Gasteiger partial charge in [-0.15, -0.1) is 0 Å². The standard InChI is InChI=1S/C30H35F2N5O5/c1-16-20(23-25(26(33)35-15-34-23)40-11-10-37(7)28(39)42-29(2,3)4)12-18(31)13-21(16)36-27(38)19-9-8-17-14-30(5,6)41-24(17)22(19)32/h8-9,12-13,15H,10-11,14H2,1-7H3,(H,36,38)(H2,33,34,35). The first-order valence-electron chi connectivity index (χ1n) is 13.4. The highest BCUT2D eigenvalue weighted by Gasteiger charge is 2.34. The second-order valence-corrected chi connectivity index (χ2v) is 11.7. The van der Waals surface area contributed by atoms with E-state index in [1.54, 1.807) is 40.8 Å². The first-order chi connectivity index (χ1) is 19.6. The third kappa shape index (κ3) is 6.69. The van der Waals surface area contributed by atoms with Crippen molar-refractivity contribution >= 4 is 23.5 Å². The van der Waals surface area contributed by atoms with Crippen molar-refractivity contribution in [2.45, 2.75) is 59.2 Å². The zero-order valence-electron chi connectivity index (χ0n) is 24.7. The number of rotatable bonds is 7. The molecule has 4 rings (SSSR count). The maximum absolute atomic E-state index is 15.3. The molecule has 0 radical (unpaired) electrons. The number of carbonyl (C=O) groups is 2. The minimum absolute atomic E-state index is 0.00250. The highest BCUT2D eigenvalue weighted by molar-refractivity contribution is 6.05. The summed E-state index contributed by atoms with van der Waals surface area (Å²) in [5.41, 5.74) is 6.25. The number of hydrogen-bond acceptors (Lipinski definition) is 8. The molecular weight excluding hydrogens is 548 g/mol. The van der Waals surface area contributed by atoms with Crippen molar-refractivity contribution in [3.8, 4) is 22.8 Å². The van der Waals surface area contributed by atoms with E-state index in [2.05, 4.69) is 15.3 Å². The molecule has 1 aromatic heterocycles. The first-order valence-corrected chi connectivity index (χ1v) is 13.4. The summed E-state index contributed by atoms with van der Waals surface area (Å²) in [6.45, 7) is 10.8. The lowest BCUT2D eigenvalue weighted by atomic mass is 10.00. The van der Waals surface area contributed by atoms with E-state index in [1.807, 2.05) is 13.8 Å². The van der Waals surface area contributed by atoms with Crippen molar-refractivity contribution in [1.29, 1.82) is 0 Å². The monoisotopic (exact) mass is 583 g/mol. The van der Waals surface area contributed by atoms with Gasteiger partial charge in [0.2, 0.25) is 0 Å². The van der Waals surface area contributed by atoms with Gasteiger partial charge >= 0.3 is 6.09 Å². The summed E-state index contributed by atoms with van der Waals surface area (Å²) in [7, 11) is 1.56. The number of aromatic nitrogens is 2. The van der Waals surface area contributed by atoms with Gasteiger partial charge < -0.3 is 30.2 Å². The van der Waals surface area contributed by atoms with Gasteiger partial charge in [0.25, 0.3) is 5.91 Å². The second kappa shape index (κ2) is 11.4. The molecule has 42 heavy (non-hydrogen) atoms. The van der Waals surface area contributed by atoms with E-state index in [0.717, 1.165) is 6.07 Å². The van der Waals surface area contributed by atoms with Crippen molar-refractivity contribution in [1.82, 2.24) is 14.9 Å². The summed E-state index contributed by atoms with van der Waals surface area (Å²) in [4.78, 5) is 35.0. The quantitative estimate of drug-likeness (QED) is 0.372. The summed E-state index contributed by atoms with van der Waals surface area (Å²) >= 11 is 0. The van der Waals surface area contributed by atoms with Crippen molar-refractivity contribution in [3.05, 3.63) is 58.9 Å². The summed E-state index contributed by atoms with van der Waals surface area (Å²) < 4.78 is 47.1. The molecule has 3 N–H and O–H groups in total. The maximum atomic E-state index is 15.3. The number of nitrogens with two attached hydrogens (primary N) is 1. The Bertz CT molecular complexity index is 1540. The fraction of sp³-hybridized carbons (Fsp3) is 0.400. The van der Waals surface area contributed by atoms with E-state index in [4.69, 9.17) is 19.9 Å². The molecule has 2 amide bonds. The van der Waals surface area contributed by atoms with Crippen LogP contribution in [0.1, 0.15) is 56.1 Å². The minimum Gasteiger partial charge on any atom is -0.486 e. The normalized spacial score (nSPS) is 13.6. The Morgan fingerprint density at radius 1 is 1.19 bits per heavy atom. The van der Waals surface area contributed by atoms with Gasteiger partial charge in [0.15, 0.2) is 23.1 Å². The number of hydrogen-bond donors (Lipinski definition) is 2. The molecule has 1 aliphatic rings. The molecule has 0 spiro atoms. The average molecular weight is 584 g/mol. The number of anilines is 2. The van der Waals surface area contributed by atoms with Crippen LogP contribution in [-0.4, -0.2) is 58.3 Å².